The van der Waals surface area contributed by atoms with Crippen LogP contribution in [0.15, 0.2) is 53.5 Å². The van der Waals surface area contributed by atoms with Crippen molar-refractivity contribution in [1.29, 1.82) is 0 Å². The van der Waals surface area contributed by atoms with Crippen LogP contribution >= 0.6 is 0 Å². The van der Waals surface area contributed by atoms with Gasteiger partial charge in [0.05, 0.1) is 18.3 Å². The molecule has 170 valence electrons. The fraction of sp³-hybridized carbons (Fsp3) is 0.269. The number of benzene rings is 1. The van der Waals surface area contributed by atoms with Crippen LogP contribution in [0.5, 0.6) is 5.75 Å². The Morgan fingerprint density at radius 3 is 2.64 bits per heavy atom. The molecule has 2 N–H and O–H groups in total. The van der Waals surface area contributed by atoms with Gasteiger partial charge >= 0.3 is 0 Å². The van der Waals surface area contributed by atoms with E-state index in [1.807, 2.05) is 62.5 Å². The van der Waals surface area contributed by atoms with Gasteiger partial charge in [0, 0.05) is 41.0 Å². The summed E-state index contributed by atoms with van der Waals surface area (Å²) in [4.78, 5) is 33.2. The van der Waals surface area contributed by atoms with E-state index in [0.717, 1.165) is 27.7 Å². The lowest BCUT2D eigenvalue weighted by Gasteiger charge is -2.14. The second kappa shape index (κ2) is 8.94. The molecule has 4 aromatic rings. The molecule has 0 bridgehead atoms. The van der Waals surface area contributed by atoms with Crippen molar-refractivity contribution in [3.8, 4) is 17.0 Å². The summed E-state index contributed by atoms with van der Waals surface area (Å²) in [5.41, 5.74) is 4.64. The predicted molar refractivity (Wildman–Crippen MR) is 130 cm³/mol. The van der Waals surface area contributed by atoms with Gasteiger partial charge in [-0.15, -0.1) is 0 Å². The first-order chi connectivity index (χ1) is 15.8. The molecular weight excluding hydrogens is 416 g/mol. The largest absolute Gasteiger partial charge is 0.496 e. The van der Waals surface area contributed by atoms with E-state index in [1.54, 1.807) is 7.11 Å². The van der Waals surface area contributed by atoms with E-state index in [2.05, 4.69) is 28.7 Å². The van der Waals surface area contributed by atoms with Crippen LogP contribution in [-0.2, 0) is 6.54 Å². The average molecular weight is 445 g/mol. The summed E-state index contributed by atoms with van der Waals surface area (Å²) in [5.74, 6) is 0.345. The van der Waals surface area contributed by atoms with E-state index in [9.17, 15) is 9.59 Å². The summed E-state index contributed by atoms with van der Waals surface area (Å²) >= 11 is 0. The lowest BCUT2D eigenvalue weighted by atomic mass is 10.1. The molecule has 3 aromatic heterocycles. The predicted octanol–water partition coefficient (Wildman–Crippen LogP) is 4.53. The summed E-state index contributed by atoms with van der Waals surface area (Å²) < 4.78 is 7.64. The van der Waals surface area contributed by atoms with Crippen LogP contribution < -0.4 is 15.6 Å². The van der Waals surface area contributed by atoms with Gasteiger partial charge in [0.15, 0.2) is 0 Å². The number of carbonyl (C=O) groups is 1. The number of pyridine rings is 2. The lowest BCUT2D eigenvalue weighted by Crippen LogP contribution is -2.28. The number of amides is 1. The van der Waals surface area contributed by atoms with Crippen LogP contribution in [0.2, 0.25) is 0 Å². The van der Waals surface area contributed by atoms with Crippen LogP contribution in [0.1, 0.15) is 47.2 Å². The molecule has 0 spiro atoms. The van der Waals surface area contributed by atoms with Gasteiger partial charge in [0.25, 0.3) is 11.5 Å². The Kier molecular flexibility index (Phi) is 6.05. The minimum atomic E-state index is -0.336. The van der Waals surface area contributed by atoms with Gasteiger partial charge < -0.3 is 19.6 Å². The maximum absolute atomic E-state index is 13.3. The molecule has 0 saturated heterocycles. The van der Waals surface area contributed by atoms with E-state index in [0.29, 0.717) is 22.7 Å². The first-order valence-electron chi connectivity index (χ1n) is 10.9. The van der Waals surface area contributed by atoms with Gasteiger partial charge in [-0.1, -0.05) is 12.1 Å². The SMILES string of the molecule is COc1ccccc1-c1cc2c(ccn2C(C)C)c(C(=O)NCc2c(C)cc(C)[nH]c2=O)n1. The smallest absolute Gasteiger partial charge is 0.270 e. The van der Waals surface area contributed by atoms with E-state index < -0.39 is 0 Å². The summed E-state index contributed by atoms with van der Waals surface area (Å²) in [7, 11) is 1.61. The number of nitrogens with zero attached hydrogens (tertiary/aromatic N) is 2. The summed E-state index contributed by atoms with van der Waals surface area (Å²) in [6.07, 6.45) is 1.97. The Labute approximate surface area is 192 Å². The molecule has 3 heterocycles. The fourth-order valence-corrected chi connectivity index (χ4v) is 4.13. The molecule has 0 unspecified atom stereocenters. The van der Waals surface area contributed by atoms with Crippen LogP contribution in [0.25, 0.3) is 22.2 Å². The van der Waals surface area contributed by atoms with Gasteiger partial charge in [-0.2, -0.15) is 0 Å². The maximum atomic E-state index is 13.3. The summed E-state index contributed by atoms with van der Waals surface area (Å²) in [6.45, 7) is 8.00. The number of hydrogen-bond acceptors (Lipinski definition) is 4. The minimum absolute atomic E-state index is 0.118. The van der Waals surface area contributed by atoms with Crippen molar-refractivity contribution in [3.63, 3.8) is 0 Å². The molecule has 0 radical (unpaired) electrons. The Bertz CT molecular complexity index is 1400. The number of ether oxygens (including phenoxy) is 1. The standard InChI is InChI=1S/C26H28N4O3/c1-15(2)30-11-10-19-22(30)13-21(18-8-6-7-9-23(18)33-5)29-24(19)26(32)27-14-20-16(3)12-17(4)28-25(20)31/h6-13,15H,14H2,1-5H3,(H,27,32)(H,28,31). The Morgan fingerprint density at radius 2 is 1.94 bits per heavy atom. The number of nitrogens with one attached hydrogen (secondary N) is 2. The molecule has 0 aliphatic heterocycles. The third kappa shape index (κ3) is 4.26. The Morgan fingerprint density at radius 1 is 1.18 bits per heavy atom. The van der Waals surface area contributed by atoms with Crippen molar-refractivity contribution in [3.05, 3.63) is 81.5 Å². The molecule has 0 saturated carbocycles. The highest BCUT2D eigenvalue weighted by Crippen LogP contribution is 2.32. The number of para-hydroxylation sites is 1. The highest BCUT2D eigenvalue weighted by molar-refractivity contribution is 6.06. The topological polar surface area (TPSA) is 89.0 Å². The number of carbonyl (C=O) groups excluding carboxylic acids is 1. The summed E-state index contributed by atoms with van der Waals surface area (Å²) in [6, 6.07) is 13.6. The molecule has 0 fully saturated rings. The van der Waals surface area contributed by atoms with Crippen LogP contribution in [0, 0.1) is 13.8 Å². The monoisotopic (exact) mass is 444 g/mol. The first kappa shape index (κ1) is 22.3. The van der Waals surface area contributed by atoms with Gasteiger partial charge in [0.1, 0.15) is 11.4 Å². The zero-order chi connectivity index (χ0) is 23.7. The molecule has 7 nitrogen and oxygen atoms in total. The van der Waals surface area contributed by atoms with Crippen LogP contribution in [0.3, 0.4) is 0 Å². The van der Waals surface area contributed by atoms with E-state index in [-0.39, 0.29) is 24.1 Å². The molecular formula is C26H28N4O3. The van der Waals surface area contributed by atoms with E-state index in [1.165, 1.54) is 0 Å². The fourth-order valence-electron chi connectivity index (χ4n) is 4.13. The normalized spacial score (nSPS) is 11.2. The number of rotatable bonds is 6. The average Bonchev–Trinajstić information content (AvgIpc) is 3.21. The van der Waals surface area contributed by atoms with E-state index in [4.69, 9.17) is 9.72 Å². The van der Waals surface area contributed by atoms with Crippen LogP contribution in [0.4, 0.5) is 0 Å². The molecule has 0 atom stereocenters. The van der Waals surface area contributed by atoms with Gasteiger partial charge in [0.2, 0.25) is 0 Å². The molecule has 0 aliphatic carbocycles. The third-order valence-electron chi connectivity index (χ3n) is 5.79. The number of methoxy groups -OCH3 is 1. The number of aryl methyl sites for hydroxylation is 2. The molecule has 0 aliphatic rings. The second-order valence-electron chi connectivity index (χ2n) is 8.43. The first-order valence-corrected chi connectivity index (χ1v) is 10.9. The zero-order valence-electron chi connectivity index (χ0n) is 19.5. The molecule has 1 amide bonds. The number of aromatic nitrogens is 3. The van der Waals surface area contributed by atoms with Crippen molar-refractivity contribution in [1.82, 2.24) is 19.9 Å². The van der Waals surface area contributed by atoms with Gasteiger partial charge in [-0.05, 0) is 63.6 Å². The summed E-state index contributed by atoms with van der Waals surface area (Å²) in [5, 5.41) is 3.65. The van der Waals surface area contributed by atoms with E-state index >= 15 is 0 Å². The molecule has 33 heavy (non-hydrogen) atoms. The number of fused-ring (bicyclic) bond motifs is 1. The van der Waals surface area contributed by atoms with Crippen molar-refractivity contribution in [2.24, 2.45) is 0 Å². The lowest BCUT2D eigenvalue weighted by molar-refractivity contribution is 0.0947. The maximum Gasteiger partial charge on any atom is 0.270 e. The quantitative estimate of drug-likeness (QED) is 0.457. The zero-order valence-corrected chi connectivity index (χ0v) is 19.5. The van der Waals surface area contributed by atoms with Crippen molar-refractivity contribution in [2.45, 2.75) is 40.3 Å². The Hall–Kier alpha value is -3.87. The minimum Gasteiger partial charge on any atom is -0.496 e. The molecule has 1 aromatic carbocycles. The molecule has 4 rings (SSSR count). The number of hydrogen-bond donors (Lipinski definition) is 2. The number of aromatic amines is 1. The van der Waals surface area contributed by atoms with Gasteiger partial charge in [-0.25, -0.2) is 4.98 Å². The molecule has 7 heteroatoms. The third-order valence-corrected chi connectivity index (χ3v) is 5.79. The van der Waals surface area contributed by atoms with Gasteiger partial charge in [-0.3, -0.25) is 9.59 Å². The Balaban J connectivity index is 1.79. The number of H-pyrrole nitrogens is 1. The second-order valence-corrected chi connectivity index (χ2v) is 8.43. The van der Waals surface area contributed by atoms with Crippen molar-refractivity contribution in [2.75, 3.05) is 7.11 Å². The highest BCUT2D eigenvalue weighted by Gasteiger charge is 2.20. The highest BCUT2D eigenvalue weighted by atomic mass is 16.5. The van der Waals surface area contributed by atoms with Crippen LogP contribution in [-0.4, -0.2) is 27.6 Å². The van der Waals surface area contributed by atoms with Crippen molar-refractivity contribution >= 4 is 16.8 Å². The van der Waals surface area contributed by atoms with Crippen molar-refractivity contribution < 1.29 is 9.53 Å².